The third kappa shape index (κ3) is 4.74. The summed E-state index contributed by atoms with van der Waals surface area (Å²) in [6.07, 6.45) is 5.28. The number of hydrogen-bond donors (Lipinski definition) is 2. The molecule has 1 saturated heterocycles. The van der Waals surface area contributed by atoms with Crippen LogP contribution in [0.1, 0.15) is 64.0 Å². The van der Waals surface area contributed by atoms with Gasteiger partial charge in [-0.25, -0.2) is 4.98 Å². The molecule has 9 heteroatoms. The maximum atomic E-state index is 13.3. The lowest BCUT2D eigenvalue weighted by Crippen LogP contribution is -2.31. The minimum absolute atomic E-state index is 0.0101. The minimum atomic E-state index is -0.375. The van der Waals surface area contributed by atoms with E-state index in [1.807, 2.05) is 30.0 Å². The molecule has 2 unspecified atom stereocenters. The molecule has 2 atom stereocenters. The highest BCUT2D eigenvalue weighted by atomic mass is 35.5. The van der Waals surface area contributed by atoms with Crippen LogP contribution in [-0.2, 0) is 0 Å². The van der Waals surface area contributed by atoms with E-state index in [4.69, 9.17) is 23.2 Å². The van der Waals surface area contributed by atoms with E-state index in [2.05, 4.69) is 20.3 Å². The minimum Gasteiger partial charge on any atom is -0.342 e. The van der Waals surface area contributed by atoms with Crippen molar-refractivity contribution in [3.63, 3.8) is 0 Å². The first-order valence-electron chi connectivity index (χ1n) is 11.4. The zero-order valence-electron chi connectivity index (χ0n) is 19.0. The van der Waals surface area contributed by atoms with Gasteiger partial charge in [0.1, 0.15) is 5.82 Å². The molecular weight excluding hydrogens is 485 g/mol. The van der Waals surface area contributed by atoms with Crippen molar-refractivity contribution in [2.45, 2.75) is 31.8 Å². The summed E-state index contributed by atoms with van der Waals surface area (Å²) >= 11 is 12.5. The topological polar surface area (TPSA) is 91.0 Å². The Labute approximate surface area is 212 Å². The Kier molecular flexibility index (Phi) is 6.45. The Bertz CT molecular complexity index is 1410. The van der Waals surface area contributed by atoms with Gasteiger partial charge in [0.2, 0.25) is 0 Å². The van der Waals surface area contributed by atoms with E-state index in [0.29, 0.717) is 28.5 Å². The zero-order chi connectivity index (χ0) is 24.5. The molecule has 7 nitrogen and oxygen atoms in total. The highest BCUT2D eigenvalue weighted by Gasteiger charge is 2.31. The van der Waals surface area contributed by atoms with Gasteiger partial charge in [0.05, 0.1) is 33.7 Å². The van der Waals surface area contributed by atoms with Gasteiger partial charge >= 0.3 is 0 Å². The second-order valence-corrected chi connectivity index (χ2v) is 9.45. The molecule has 5 rings (SSSR count). The van der Waals surface area contributed by atoms with Crippen LogP contribution in [0.5, 0.6) is 0 Å². The number of halogens is 2. The SMILES string of the molecule is CC(NC(=O)c1ccc(C(=O)N2CCCC2c2ccncc2)c(Cl)c1)c1nc2cc(Cl)ccc2[nH]1. The first-order valence-corrected chi connectivity index (χ1v) is 12.1. The van der Waals surface area contributed by atoms with E-state index < -0.39 is 0 Å². The van der Waals surface area contributed by atoms with Crippen LogP contribution in [0.2, 0.25) is 10.0 Å². The van der Waals surface area contributed by atoms with Crippen molar-refractivity contribution in [2.75, 3.05) is 6.54 Å². The largest absolute Gasteiger partial charge is 0.342 e. The molecule has 1 aliphatic heterocycles. The molecular formula is C26H23Cl2N5O2. The number of carbonyl (C=O) groups excluding carboxylic acids is 2. The number of amides is 2. The lowest BCUT2D eigenvalue weighted by atomic mass is 10.0. The number of pyridine rings is 1. The highest BCUT2D eigenvalue weighted by Crippen LogP contribution is 2.34. The summed E-state index contributed by atoms with van der Waals surface area (Å²) in [4.78, 5) is 39.8. The van der Waals surface area contributed by atoms with Crippen LogP contribution in [0.3, 0.4) is 0 Å². The molecule has 1 aliphatic rings. The molecule has 2 aromatic heterocycles. The van der Waals surface area contributed by atoms with Crippen LogP contribution in [0.15, 0.2) is 60.9 Å². The van der Waals surface area contributed by atoms with Crippen molar-refractivity contribution >= 4 is 46.0 Å². The van der Waals surface area contributed by atoms with Gasteiger partial charge in [0, 0.05) is 29.5 Å². The number of aromatic amines is 1. The summed E-state index contributed by atoms with van der Waals surface area (Å²) < 4.78 is 0. The molecule has 35 heavy (non-hydrogen) atoms. The zero-order valence-corrected chi connectivity index (χ0v) is 20.5. The van der Waals surface area contributed by atoms with Gasteiger partial charge < -0.3 is 15.2 Å². The summed E-state index contributed by atoms with van der Waals surface area (Å²) in [5.41, 5.74) is 3.37. The van der Waals surface area contributed by atoms with Gasteiger partial charge in [-0.3, -0.25) is 14.6 Å². The number of benzene rings is 2. The monoisotopic (exact) mass is 507 g/mol. The second-order valence-electron chi connectivity index (χ2n) is 8.61. The standard InChI is InChI=1S/C26H23Cl2N5O2/c1-15(24-31-21-7-5-18(27)14-22(21)32-24)30-25(34)17-4-6-19(20(28)13-17)26(35)33-12-2-3-23(33)16-8-10-29-11-9-16/h4-11,13-15,23H,2-3,12H2,1H3,(H,30,34)(H,31,32). The van der Waals surface area contributed by atoms with Gasteiger partial charge in [-0.1, -0.05) is 23.2 Å². The van der Waals surface area contributed by atoms with Gasteiger partial charge in [0.25, 0.3) is 11.8 Å². The molecule has 2 amide bonds. The Morgan fingerprint density at radius 2 is 1.91 bits per heavy atom. The van der Waals surface area contributed by atoms with Crippen molar-refractivity contribution in [3.05, 3.63) is 93.5 Å². The number of rotatable bonds is 5. The lowest BCUT2D eigenvalue weighted by molar-refractivity contribution is 0.0735. The van der Waals surface area contributed by atoms with Crippen LogP contribution >= 0.6 is 23.2 Å². The molecule has 0 aliphatic carbocycles. The van der Waals surface area contributed by atoms with Gasteiger partial charge in [-0.2, -0.15) is 0 Å². The lowest BCUT2D eigenvalue weighted by Gasteiger charge is -2.25. The normalized spacial score (nSPS) is 16.4. The van der Waals surface area contributed by atoms with Crippen LogP contribution in [-0.4, -0.2) is 38.2 Å². The predicted molar refractivity (Wildman–Crippen MR) is 136 cm³/mol. The van der Waals surface area contributed by atoms with Gasteiger partial charge in [-0.05, 0) is 73.9 Å². The Morgan fingerprint density at radius 3 is 2.69 bits per heavy atom. The quantitative estimate of drug-likeness (QED) is 0.360. The van der Waals surface area contributed by atoms with Crippen LogP contribution in [0.25, 0.3) is 11.0 Å². The molecule has 0 radical (unpaired) electrons. The Hall–Kier alpha value is -3.42. The average molecular weight is 508 g/mol. The van der Waals surface area contributed by atoms with E-state index in [1.165, 1.54) is 6.07 Å². The first-order chi connectivity index (χ1) is 16.9. The molecule has 1 fully saturated rings. The molecule has 3 heterocycles. The number of nitrogens with one attached hydrogen (secondary N) is 2. The summed E-state index contributed by atoms with van der Waals surface area (Å²) in [6.45, 7) is 2.49. The molecule has 0 spiro atoms. The van der Waals surface area contributed by atoms with E-state index in [0.717, 1.165) is 29.4 Å². The number of nitrogens with zero attached hydrogens (tertiary/aromatic N) is 3. The summed E-state index contributed by atoms with van der Waals surface area (Å²) in [7, 11) is 0. The fourth-order valence-corrected chi connectivity index (χ4v) is 4.91. The first kappa shape index (κ1) is 23.3. The van der Waals surface area contributed by atoms with Crippen molar-refractivity contribution in [2.24, 2.45) is 0 Å². The second kappa shape index (κ2) is 9.68. The fraction of sp³-hybridized carbons (Fsp3) is 0.231. The number of likely N-dealkylation sites (tertiary alicyclic amines) is 1. The van der Waals surface area contributed by atoms with E-state index in [-0.39, 0.29) is 28.9 Å². The van der Waals surface area contributed by atoms with E-state index in [1.54, 1.807) is 36.7 Å². The molecule has 0 saturated carbocycles. The predicted octanol–water partition coefficient (Wildman–Crippen LogP) is 5.73. The third-order valence-corrected chi connectivity index (χ3v) is 6.84. The fourth-order valence-electron chi connectivity index (χ4n) is 4.48. The average Bonchev–Trinajstić information content (AvgIpc) is 3.51. The van der Waals surface area contributed by atoms with Crippen molar-refractivity contribution in [1.82, 2.24) is 25.2 Å². The van der Waals surface area contributed by atoms with Gasteiger partial charge in [-0.15, -0.1) is 0 Å². The number of H-pyrrole nitrogens is 1. The summed E-state index contributed by atoms with van der Waals surface area (Å²) in [5, 5.41) is 3.76. The highest BCUT2D eigenvalue weighted by molar-refractivity contribution is 6.34. The number of aromatic nitrogens is 3. The van der Waals surface area contributed by atoms with Crippen molar-refractivity contribution in [1.29, 1.82) is 0 Å². The van der Waals surface area contributed by atoms with Crippen LogP contribution < -0.4 is 5.32 Å². The Balaban J connectivity index is 1.30. The van der Waals surface area contributed by atoms with E-state index >= 15 is 0 Å². The summed E-state index contributed by atoms with van der Waals surface area (Å²) in [5.74, 6) is 0.160. The molecule has 2 aromatic carbocycles. The van der Waals surface area contributed by atoms with Crippen molar-refractivity contribution < 1.29 is 9.59 Å². The van der Waals surface area contributed by atoms with Gasteiger partial charge in [0.15, 0.2) is 0 Å². The smallest absolute Gasteiger partial charge is 0.255 e. The van der Waals surface area contributed by atoms with Crippen molar-refractivity contribution in [3.8, 4) is 0 Å². The van der Waals surface area contributed by atoms with E-state index in [9.17, 15) is 9.59 Å². The summed E-state index contributed by atoms with van der Waals surface area (Å²) in [6, 6.07) is 13.6. The molecule has 2 N–H and O–H groups in total. The molecule has 4 aromatic rings. The maximum Gasteiger partial charge on any atom is 0.255 e. The number of carbonyl (C=O) groups is 2. The Morgan fingerprint density at radius 1 is 1.11 bits per heavy atom. The van der Waals surface area contributed by atoms with Crippen LogP contribution in [0, 0.1) is 0 Å². The number of imidazole rings is 1. The number of hydrogen-bond acceptors (Lipinski definition) is 4. The van der Waals surface area contributed by atoms with Crippen LogP contribution in [0.4, 0.5) is 0 Å². The maximum absolute atomic E-state index is 13.3. The molecule has 0 bridgehead atoms. The number of fused-ring (bicyclic) bond motifs is 1. The molecule has 178 valence electrons. The third-order valence-electron chi connectivity index (χ3n) is 6.29.